The van der Waals surface area contributed by atoms with E-state index in [4.69, 9.17) is 23.2 Å². The van der Waals surface area contributed by atoms with E-state index in [-0.39, 0.29) is 29.5 Å². The molecule has 3 aromatic carbocycles. The Hall–Kier alpha value is -2.89. The predicted molar refractivity (Wildman–Crippen MR) is 125 cm³/mol. The lowest BCUT2D eigenvalue weighted by molar-refractivity contribution is -0.140. The molecule has 3 aromatic rings. The number of hydrogen-bond acceptors (Lipinski definition) is 2. The number of carbonyl (C=O) groups is 2. The fourth-order valence-corrected chi connectivity index (χ4v) is 3.91. The first-order valence-corrected chi connectivity index (χ1v) is 10.9. The zero-order chi connectivity index (χ0) is 23.1. The molecule has 0 aliphatic rings. The van der Waals surface area contributed by atoms with Crippen LogP contribution in [0.2, 0.25) is 10.0 Å². The third-order valence-electron chi connectivity index (χ3n) is 5.21. The molecule has 0 aliphatic heterocycles. The molecule has 0 bridgehead atoms. The summed E-state index contributed by atoms with van der Waals surface area (Å²) < 4.78 is 14.4. The van der Waals surface area contributed by atoms with E-state index in [9.17, 15) is 14.0 Å². The maximum absolute atomic E-state index is 14.4. The number of carbonyl (C=O) groups excluding carboxylic acids is 2. The molecule has 0 saturated carbocycles. The number of halogens is 3. The van der Waals surface area contributed by atoms with Gasteiger partial charge in [0.2, 0.25) is 11.8 Å². The summed E-state index contributed by atoms with van der Waals surface area (Å²) in [7, 11) is 1.52. The Labute approximate surface area is 197 Å². The molecule has 0 aromatic heterocycles. The van der Waals surface area contributed by atoms with Crippen LogP contribution in [0.15, 0.2) is 72.8 Å². The number of hydrogen-bond donors (Lipinski definition) is 1. The fraction of sp³-hybridized carbons (Fsp3) is 0.200. The van der Waals surface area contributed by atoms with Gasteiger partial charge in [-0.2, -0.15) is 0 Å². The van der Waals surface area contributed by atoms with E-state index in [1.165, 1.54) is 30.1 Å². The minimum absolute atomic E-state index is 0.0928. The van der Waals surface area contributed by atoms with Gasteiger partial charge in [0.05, 0.1) is 6.42 Å². The van der Waals surface area contributed by atoms with Gasteiger partial charge in [-0.3, -0.25) is 9.59 Å². The van der Waals surface area contributed by atoms with E-state index in [1.54, 1.807) is 18.2 Å². The number of likely N-dealkylation sites (N-methyl/N-ethyl adjacent to an activating group) is 1. The third kappa shape index (κ3) is 5.87. The highest BCUT2D eigenvalue weighted by Gasteiger charge is 2.31. The molecule has 0 heterocycles. The molecule has 0 saturated heterocycles. The van der Waals surface area contributed by atoms with Crippen molar-refractivity contribution < 1.29 is 14.0 Å². The van der Waals surface area contributed by atoms with Gasteiger partial charge < -0.3 is 10.2 Å². The molecule has 0 radical (unpaired) electrons. The quantitative estimate of drug-likeness (QED) is 0.497. The molecule has 32 heavy (non-hydrogen) atoms. The van der Waals surface area contributed by atoms with Gasteiger partial charge in [0.25, 0.3) is 0 Å². The minimum atomic E-state index is -0.822. The highest BCUT2D eigenvalue weighted by Crippen LogP contribution is 2.24. The first-order valence-electron chi connectivity index (χ1n) is 10.1. The molecule has 0 fully saturated rings. The van der Waals surface area contributed by atoms with Crippen LogP contribution in [0, 0.1) is 5.82 Å². The number of rotatable bonds is 8. The van der Waals surface area contributed by atoms with Crippen molar-refractivity contribution in [2.45, 2.75) is 25.4 Å². The lowest BCUT2D eigenvalue weighted by Crippen LogP contribution is -2.50. The van der Waals surface area contributed by atoms with Crippen LogP contribution in [0.3, 0.4) is 0 Å². The minimum Gasteiger partial charge on any atom is -0.357 e. The first-order chi connectivity index (χ1) is 15.4. The summed E-state index contributed by atoms with van der Waals surface area (Å²) in [4.78, 5) is 27.8. The van der Waals surface area contributed by atoms with Crippen LogP contribution in [0.4, 0.5) is 4.39 Å². The molecule has 0 aliphatic carbocycles. The summed E-state index contributed by atoms with van der Waals surface area (Å²) in [5, 5.41) is 3.28. The molecule has 166 valence electrons. The van der Waals surface area contributed by atoms with E-state index in [1.807, 2.05) is 36.4 Å². The van der Waals surface area contributed by atoms with Crippen LogP contribution in [-0.4, -0.2) is 29.8 Å². The molecular weight excluding hydrogens is 450 g/mol. The number of nitrogens with zero attached hydrogens (tertiary/aromatic N) is 1. The lowest BCUT2D eigenvalue weighted by Gasteiger charge is -2.31. The number of amides is 2. The SMILES string of the molecule is CNC(=O)[C@H](Cc1ccccc1)N(Cc1ccccc1Cl)C(=O)Cc1c(F)cccc1Cl. The maximum Gasteiger partial charge on any atom is 0.242 e. The number of benzene rings is 3. The zero-order valence-corrected chi connectivity index (χ0v) is 19.0. The van der Waals surface area contributed by atoms with Gasteiger partial charge in [0.15, 0.2) is 0 Å². The standard InChI is InChI=1S/C25H23Cl2FN2O2/c1-29-25(32)23(14-17-8-3-2-4-9-17)30(16-18-10-5-6-11-20(18)26)24(31)15-19-21(27)12-7-13-22(19)28/h2-13,23H,14-16H2,1H3,(H,29,32)/t23-/m0/s1. The Balaban J connectivity index is 1.99. The summed E-state index contributed by atoms with van der Waals surface area (Å²) in [5.41, 5.74) is 1.67. The average molecular weight is 473 g/mol. The summed E-state index contributed by atoms with van der Waals surface area (Å²) in [6.45, 7) is 0.0928. The van der Waals surface area contributed by atoms with Crippen LogP contribution in [0.5, 0.6) is 0 Å². The second-order valence-electron chi connectivity index (χ2n) is 7.31. The van der Waals surface area contributed by atoms with Crippen molar-refractivity contribution in [1.29, 1.82) is 0 Å². The van der Waals surface area contributed by atoms with Crippen LogP contribution >= 0.6 is 23.2 Å². The average Bonchev–Trinajstić information content (AvgIpc) is 2.80. The van der Waals surface area contributed by atoms with E-state index in [0.29, 0.717) is 17.0 Å². The molecule has 0 unspecified atom stereocenters. The largest absolute Gasteiger partial charge is 0.357 e. The van der Waals surface area contributed by atoms with Gasteiger partial charge in [-0.05, 0) is 29.3 Å². The summed E-state index contributed by atoms with van der Waals surface area (Å²) in [5.74, 6) is -1.32. The summed E-state index contributed by atoms with van der Waals surface area (Å²) in [6.07, 6.45) is 0.0138. The van der Waals surface area contributed by atoms with E-state index in [0.717, 1.165) is 5.56 Å². The first kappa shape index (κ1) is 23.8. The van der Waals surface area contributed by atoms with Crippen LogP contribution in [0.25, 0.3) is 0 Å². The van der Waals surface area contributed by atoms with Crippen molar-refractivity contribution in [2.24, 2.45) is 0 Å². The highest BCUT2D eigenvalue weighted by atomic mass is 35.5. The van der Waals surface area contributed by atoms with Crippen LogP contribution in [-0.2, 0) is 29.0 Å². The Morgan fingerprint density at radius 3 is 2.25 bits per heavy atom. The maximum atomic E-state index is 14.4. The van der Waals surface area contributed by atoms with Crippen molar-refractivity contribution in [2.75, 3.05) is 7.05 Å². The third-order valence-corrected chi connectivity index (χ3v) is 5.93. The van der Waals surface area contributed by atoms with Crippen molar-refractivity contribution >= 4 is 35.0 Å². The molecule has 2 amide bonds. The van der Waals surface area contributed by atoms with Gasteiger partial charge in [0, 0.05) is 35.6 Å². The van der Waals surface area contributed by atoms with Crippen LogP contribution < -0.4 is 5.32 Å². The number of nitrogens with one attached hydrogen (secondary N) is 1. The molecule has 1 N–H and O–H groups in total. The van der Waals surface area contributed by atoms with Crippen molar-refractivity contribution in [1.82, 2.24) is 10.2 Å². The molecule has 3 rings (SSSR count). The second-order valence-corrected chi connectivity index (χ2v) is 8.12. The topological polar surface area (TPSA) is 49.4 Å². The Morgan fingerprint density at radius 2 is 1.59 bits per heavy atom. The van der Waals surface area contributed by atoms with Gasteiger partial charge >= 0.3 is 0 Å². The Bertz CT molecular complexity index is 1070. The Morgan fingerprint density at radius 1 is 0.938 bits per heavy atom. The van der Waals surface area contributed by atoms with Gasteiger partial charge in [-0.15, -0.1) is 0 Å². The molecule has 7 heteroatoms. The molecule has 1 atom stereocenters. The fourth-order valence-electron chi connectivity index (χ4n) is 3.48. The van der Waals surface area contributed by atoms with Crippen LogP contribution in [0.1, 0.15) is 16.7 Å². The van der Waals surface area contributed by atoms with Gasteiger partial charge in [0.1, 0.15) is 11.9 Å². The highest BCUT2D eigenvalue weighted by molar-refractivity contribution is 6.31. The summed E-state index contributed by atoms with van der Waals surface area (Å²) >= 11 is 12.5. The van der Waals surface area contributed by atoms with Crippen molar-refractivity contribution in [3.05, 3.63) is 105 Å². The van der Waals surface area contributed by atoms with Gasteiger partial charge in [-0.25, -0.2) is 4.39 Å². The predicted octanol–water partition coefficient (Wildman–Crippen LogP) is 5.06. The van der Waals surface area contributed by atoms with E-state index >= 15 is 0 Å². The lowest BCUT2D eigenvalue weighted by atomic mass is 10.0. The van der Waals surface area contributed by atoms with Crippen molar-refractivity contribution in [3.8, 4) is 0 Å². The zero-order valence-electron chi connectivity index (χ0n) is 17.5. The summed E-state index contributed by atoms with van der Waals surface area (Å²) in [6, 6.07) is 20.0. The monoisotopic (exact) mass is 472 g/mol. The molecule has 0 spiro atoms. The van der Waals surface area contributed by atoms with Gasteiger partial charge in [-0.1, -0.05) is 77.8 Å². The molecule has 4 nitrogen and oxygen atoms in total. The second kappa shape index (κ2) is 11.1. The Kier molecular flexibility index (Phi) is 8.26. The van der Waals surface area contributed by atoms with Crippen molar-refractivity contribution in [3.63, 3.8) is 0 Å². The normalized spacial score (nSPS) is 11.6. The van der Waals surface area contributed by atoms with E-state index in [2.05, 4.69) is 5.32 Å². The van der Waals surface area contributed by atoms with E-state index < -0.39 is 17.8 Å². The molecular formula is C25H23Cl2FN2O2. The smallest absolute Gasteiger partial charge is 0.242 e.